The molecule has 1 aromatic rings. The lowest BCUT2D eigenvalue weighted by molar-refractivity contribution is 0.173. The molecule has 0 bridgehead atoms. The van der Waals surface area contributed by atoms with Crippen LogP contribution in [0.3, 0.4) is 0 Å². The van der Waals surface area contributed by atoms with Crippen LogP contribution < -0.4 is 14.2 Å². The molecule has 0 radical (unpaired) electrons. The Morgan fingerprint density at radius 2 is 2.06 bits per heavy atom. The predicted molar refractivity (Wildman–Crippen MR) is 59.1 cm³/mol. The standard InChI is InChI=1S/C12H16O4/c1-8(13)3-4-9-5-11-12(16-7-15-11)6-10(9)14-2/h5-6,8,13H,3-4,7H2,1-2H3. The van der Waals surface area contributed by atoms with Gasteiger partial charge in [-0.15, -0.1) is 0 Å². The second-order valence-electron chi connectivity index (χ2n) is 3.91. The van der Waals surface area contributed by atoms with Crippen molar-refractivity contribution in [2.45, 2.75) is 25.9 Å². The van der Waals surface area contributed by atoms with Crippen molar-refractivity contribution in [1.82, 2.24) is 0 Å². The predicted octanol–water partition coefficient (Wildman–Crippen LogP) is 1.74. The molecule has 1 atom stereocenters. The minimum Gasteiger partial charge on any atom is -0.496 e. The number of fused-ring (bicyclic) bond motifs is 1. The summed E-state index contributed by atoms with van der Waals surface area (Å²) in [7, 11) is 1.63. The topological polar surface area (TPSA) is 47.9 Å². The van der Waals surface area contributed by atoms with E-state index >= 15 is 0 Å². The Morgan fingerprint density at radius 3 is 2.69 bits per heavy atom. The molecule has 1 N–H and O–H groups in total. The summed E-state index contributed by atoms with van der Waals surface area (Å²) in [5, 5.41) is 9.27. The van der Waals surface area contributed by atoms with Crippen LogP contribution in [0.15, 0.2) is 12.1 Å². The molecule has 0 saturated heterocycles. The van der Waals surface area contributed by atoms with E-state index in [0.717, 1.165) is 29.2 Å². The fraction of sp³-hybridized carbons (Fsp3) is 0.500. The maximum absolute atomic E-state index is 9.27. The zero-order chi connectivity index (χ0) is 11.5. The van der Waals surface area contributed by atoms with Gasteiger partial charge in [-0.2, -0.15) is 0 Å². The molecule has 1 aliphatic heterocycles. The lowest BCUT2D eigenvalue weighted by Gasteiger charge is -2.10. The molecule has 1 unspecified atom stereocenters. The van der Waals surface area contributed by atoms with Crippen LogP contribution in [0.4, 0.5) is 0 Å². The van der Waals surface area contributed by atoms with Crippen LogP contribution in [0.2, 0.25) is 0 Å². The second-order valence-corrected chi connectivity index (χ2v) is 3.91. The fourth-order valence-corrected chi connectivity index (χ4v) is 1.72. The number of benzene rings is 1. The highest BCUT2D eigenvalue weighted by Crippen LogP contribution is 2.38. The summed E-state index contributed by atoms with van der Waals surface area (Å²) >= 11 is 0. The van der Waals surface area contributed by atoms with Crippen LogP contribution in [0.5, 0.6) is 17.2 Å². The molecule has 1 aliphatic rings. The maximum Gasteiger partial charge on any atom is 0.231 e. The van der Waals surface area contributed by atoms with E-state index in [9.17, 15) is 5.11 Å². The van der Waals surface area contributed by atoms with Crippen molar-refractivity contribution >= 4 is 0 Å². The lowest BCUT2D eigenvalue weighted by atomic mass is 10.1. The highest BCUT2D eigenvalue weighted by Gasteiger charge is 2.17. The smallest absolute Gasteiger partial charge is 0.231 e. The minimum absolute atomic E-state index is 0.262. The third-order valence-electron chi connectivity index (χ3n) is 2.61. The summed E-state index contributed by atoms with van der Waals surface area (Å²) in [5.41, 5.74) is 1.03. The Balaban J connectivity index is 2.22. The molecule has 1 heterocycles. The SMILES string of the molecule is COc1cc2c(cc1CCC(C)O)OCO2. The van der Waals surface area contributed by atoms with Crippen molar-refractivity contribution < 1.29 is 19.3 Å². The van der Waals surface area contributed by atoms with E-state index in [2.05, 4.69) is 0 Å². The molecule has 4 nitrogen and oxygen atoms in total. The molecular formula is C12H16O4. The van der Waals surface area contributed by atoms with E-state index in [-0.39, 0.29) is 12.9 Å². The first-order valence-corrected chi connectivity index (χ1v) is 5.35. The van der Waals surface area contributed by atoms with Crippen LogP contribution in [0.25, 0.3) is 0 Å². The third kappa shape index (κ3) is 2.22. The summed E-state index contributed by atoms with van der Waals surface area (Å²) in [4.78, 5) is 0. The van der Waals surface area contributed by atoms with E-state index in [1.54, 1.807) is 14.0 Å². The number of methoxy groups -OCH3 is 1. The quantitative estimate of drug-likeness (QED) is 0.846. The normalized spacial score (nSPS) is 14.9. The summed E-state index contributed by atoms with van der Waals surface area (Å²) in [5.74, 6) is 2.25. The third-order valence-corrected chi connectivity index (χ3v) is 2.61. The first-order chi connectivity index (χ1) is 7.70. The molecule has 2 rings (SSSR count). The van der Waals surface area contributed by atoms with Crippen molar-refractivity contribution in [3.8, 4) is 17.2 Å². The summed E-state index contributed by atoms with van der Waals surface area (Å²) < 4.78 is 15.9. The van der Waals surface area contributed by atoms with E-state index < -0.39 is 0 Å². The molecule has 0 fully saturated rings. The Hall–Kier alpha value is -1.42. The van der Waals surface area contributed by atoms with Gasteiger partial charge in [-0.25, -0.2) is 0 Å². The van der Waals surface area contributed by atoms with Crippen molar-refractivity contribution in [1.29, 1.82) is 0 Å². The van der Waals surface area contributed by atoms with E-state index in [1.165, 1.54) is 0 Å². The molecular weight excluding hydrogens is 208 g/mol. The van der Waals surface area contributed by atoms with Crippen molar-refractivity contribution in [2.75, 3.05) is 13.9 Å². The van der Waals surface area contributed by atoms with Gasteiger partial charge in [-0.3, -0.25) is 0 Å². The Labute approximate surface area is 94.8 Å². The molecule has 0 saturated carbocycles. The first kappa shape index (κ1) is 11.1. The maximum atomic E-state index is 9.27. The Bertz CT molecular complexity index is 374. The van der Waals surface area contributed by atoms with Gasteiger partial charge in [0.1, 0.15) is 5.75 Å². The van der Waals surface area contributed by atoms with Gasteiger partial charge in [0, 0.05) is 6.07 Å². The average molecular weight is 224 g/mol. The van der Waals surface area contributed by atoms with Crippen molar-refractivity contribution in [3.63, 3.8) is 0 Å². The number of ether oxygens (including phenoxy) is 3. The van der Waals surface area contributed by atoms with Gasteiger partial charge >= 0.3 is 0 Å². The Morgan fingerprint density at radius 1 is 1.38 bits per heavy atom. The molecule has 0 spiro atoms. The average Bonchev–Trinajstić information content (AvgIpc) is 2.71. The number of rotatable bonds is 4. The zero-order valence-corrected chi connectivity index (χ0v) is 9.53. The summed E-state index contributed by atoms with van der Waals surface area (Å²) in [6.45, 7) is 2.04. The summed E-state index contributed by atoms with van der Waals surface area (Å²) in [6, 6.07) is 3.75. The van der Waals surface area contributed by atoms with Crippen molar-refractivity contribution in [2.24, 2.45) is 0 Å². The summed E-state index contributed by atoms with van der Waals surface area (Å²) in [6.07, 6.45) is 1.16. The zero-order valence-electron chi connectivity index (χ0n) is 9.53. The highest BCUT2D eigenvalue weighted by molar-refractivity contribution is 5.51. The first-order valence-electron chi connectivity index (χ1n) is 5.35. The number of aryl methyl sites for hydroxylation is 1. The van der Waals surface area contributed by atoms with Gasteiger partial charge in [0.05, 0.1) is 13.2 Å². The van der Waals surface area contributed by atoms with Gasteiger partial charge in [-0.1, -0.05) is 0 Å². The number of hydrogen-bond donors (Lipinski definition) is 1. The molecule has 0 aliphatic carbocycles. The van der Waals surface area contributed by atoms with Crippen LogP contribution >= 0.6 is 0 Å². The van der Waals surface area contributed by atoms with E-state index in [0.29, 0.717) is 6.42 Å². The van der Waals surface area contributed by atoms with Crippen molar-refractivity contribution in [3.05, 3.63) is 17.7 Å². The van der Waals surface area contributed by atoms with Gasteiger partial charge in [-0.05, 0) is 31.4 Å². The van der Waals surface area contributed by atoms with E-state index in [1.807, 2.05) is 12.1 Å². The minimum atomic E-state index is -0.310. The number of aliphatic hydroxyl groups is 1. The molecule has 0 aromatic heterocycles. The van der Waals surface area contributed by atoms with Gasteiger partial charge in [0.25, 0.3) is 0 Å². The lowest BCUT2D eigenvalue weighted by Crippen LogP contribution is -2.02. The highest BCUT2D eigenvalue weighted by atomic mass is 16.7. The molecule has 4 heteroatoms. The van der Waals surface area contributed by atoms with Gasteiger partial charge < -0.3 is 19.3 Å². The molecule has 16 heavy (non-hydrogen) atoms. The van der Waals surface area contributed by atoms with Crippen LogP contribution in [0.1, 0.15) is 18.9 Å². The van der Waals surface area contributed by atoms with Crippen LogP contribution in [-0.2, 0) is 6.42 Å². The molecule has 88 valence electrons. The largest absolute Gasteiger partial charge is 0.496 e. The van der Waals surface area contributed by atoms with E-state index in [4.69, 9.17) is 14.2 Å². The van der Waals surface area contributed by atoms with Gasteiger partial charge in [0.15, 0.2) is 11.5 Å². The number of aliphatic hydroxyl groups excluding tert-OH is 1. The van der Waals surface area contributed by atoms with Gasteiger partial charge in [0.2, 0.25) is 6.79 Å². The van der Waals surface area contributed by atoms with Crippen LogP contribution in [-0.4, -0.2) is 25.1 Å². The number of hydrogen-bond acceptors (Lipinski definition) is 4. The Kier molecular flexibility index (Phi) is 3.19. The van der Waals surface area contributed by atoms with Crippen LogP contribution in [0, 0.1) is 0 Å². The second kappa shape index (κ2) is 4.61. The fourth-order valence-electron chi connectivity index (χ4n) is 1.72. The molecule has 0 amide bonds. The molecule has 1 aromatic carbocycles. The monoisotopic (exact) mass is 224 g/mol.